The van der Waals surface area contributed by atoms with Crippen LogP contribution in [0.25, 0.3) is 0 Å². The number of benzene rings is 1. The number of hydrogen-bond donors (Lipinski definition) is 1. The Morgan fingerprint density at radius 1 is 1.11 bits per heavy atom. The van der Waals surface area contributed by atoms with Crippen LogP contribution in [0, 0.1) is 11.8 Å². The minimum atomic E-state index is -0.191. The number of rotatable bonds is 3. The topological polar surface area (TPSA) is 29.1 Å². The van der Waals surface area contributed by atoms with Gasteiger partial charge in [-0.15, -0.1) is 0 Å². The van der Waals surface area contributed by atoms with Gasteiger partial charge in [0.15, 0.2) is 0 Å². The van der Waals surface area contributed by atoms with E-state index in [0.717, 1.165) is 24.7 Å². The minimum absolute atomic E-state index is 0.191. The minimum Gasteiger partial charge on any atom is -0.352 e. The normalized spacial score (nSPS) is 34.2. The molecule has 100 valence electrons. The molecule has 0 radical (unpaired) electrons. The summed E-state index contributed by atoms with van der Waals surface area (Å²) in [5, 5.41) is 3.37. The molecule has 0 heterocycles. The van der Waals surface area contributed by atoms with Crippen molar-refractivity contribution >= 4 is 5.91 Å². The summed E-state index contributed by atoms with van der Waals surface area (Å²) in [5.41, 5.74) is 1.01. The van der Waals surface area contributed by atoms with E-state index in [1.54, 1.807) is 0 Å². The Morgan fingerprint density at radius 2 is 1.89 bits per heavy atom. The zero-order chi connectivity index (χ0) is 12.9. The monoisotopic (exact) mass is 255 g/mol. The Bertz CT molecular complexity index is 491. The predicted molar refractivity (Wildman–Crippen MR) is 74.7 cm³/mol. The molecule has 0 saturated heterocycles. The van der Waals surface area contributed by atoms with Crippen molar-refractivity contribution in [3.8, 4) is 0 Å². The summed E-state index contributed by atoms with van der Waals surface area (Å²) in [6, 6.07) is 10.8. The number of carbonyl (C=O) groups is 1. The van der Waals surface area contributed by atoms with Gasteiger partial charge >= 0.3 is 0 Å². The van der Waals surface area contributed by atoms with E-state index in [4.69, 9.17) is 0 Å². The molecular weight excluding hydrogens is 234 g/mol. The van der Waals surface area contributed by atoms with Crippen molar-refractivity contribution in [2.24, 2.45) is 11.8 Å². The molecule has 0 spiro atoms. The van der Waals surface area contributed by atoms with Crippen molar-refractivity contribution in [2.45, 2.75) is 50.0 Å². The Morgan fingerprint density at radius 3 is 2.47 bits per heavy atom. The van der Waals surface area contributed by atoms with Gasteiger partial charge in [-0.05, 0) is 49.5 Å². The van der Waals surface area contributed by atoms with Gasteiger partial charge in [-0.3, -0.25) is 4.79 Å². The quantitative estimate of drug-likeness (QED) is 0.883. The van der Waals surface area contributed by atoms with Gasteiger partial charge in [0, 0.05) is 6.04 Å². The second-order valence-corrected chi connectivity index (χ2v) is 6.70. The first-order chi connectivity index (χ1) is 9.28. The Hall–Kier alpha value is -1.31. The number of carbonyl (C=O) groups excluding carboxylic acids is 1. The average molecular weight is 255 g/mol. The van der Waals surface area contributed by atoms with Gasteiger partial charge in [-0.1, -0.05) is 36.8 Å². The van der Waals surface area contributed by atoms with Crippen LogP contribution in [0.15, 0.2) is 30.3 Å². The SMILES string of the molecule is O=C(N[C@H]1C[C@H]2CC[C@H]1C2)C1(c2ccccc2)CC1. The molecule has 2 bridgehead atoms. The fourth-order valence-corrected chi connectivity index (χ4v) is 4.26. The van der Waals surface area contributed by atoms with Crippen molar-refractivity contribution in [2.75, 3.05) is 0 Å². The second kappa shape index (κ2) is 4.09. The molecule has 3 aliphatic rings. The van der Waals surface area contributed by atoms with Gasteiger partial charge in [0.2, 0.25) is 5.91 Å². The van der Waals surface area contributed by atoms with Crippen LogP contribution < -0.4 is 5.32 Å². The molecule has 3 fully saturated rings. The summed E-state index contributed by atoms with van der Waals surface area (Å²) in [6.07, 6.45) is 7.33. The largest absolute Gasteiger partial charge is 0.352 e. The predicted octanol–water partition coefficient (Wildman–Crippen LogP) is 3.02. The molecule has 0 unspecified atom stereocenters. The molecule has 3 saturated carbocycles. The molecule has 2 heteroatoms. The highest BCUT2D eigenvalue weighted by Crippen LogP contribution is 2.50. The van der Waals surface area contributed by atoms with Crippen molar-refractivity contribution in [1.29, 1.82) is 0 Å². The lowest BCUT2D eigenvalue weighted by Crippen LogP contribution is -2.44. The van der Waals surface area contributed by atoms with Crippen LogP contribution >= 0.6 is 0 Å². The van der Waals surface area contributed by atoms with Gasteiger partial charge < -0.3 is 5.32 Å². The van der Waals surface area contributed by atoms with Crippen LogP contribution in [0.5, 0.6) is 0 Å². The molecule has 1 aromatic rings. The number of nitrogens with one attached hydrogen (secondary N) is 1. The van der Waals surface area contributed by atoms with Crippen LogP contribution in [0.4, 0.5) is 0 Å². The molecule has 1 aromatic carbocycles. The van der Waals surface area contributed by atoms with E-state index in [-0.39, 0.29) is 11.3 Å². The molecule has 19 heavy (non-hydrogen) atoms. The maximum atomic E-state index is 12.6. The first-order valence-corrected chi connectivity index (χ1v) is 7.64. The fraction of sp³-hybridized carbons (Fsp3) is 0.588. The summed E-state index contributed by atoms with van der Waals surface area (Å²) in [4.78, 5) is 12.6. The third-order valence-corrected chi connectivity index (χ3v) is 5.57. The summed E-state index contributed by atoms with van der Waals surface area (Å²) in [6.45, 7) is 0. The smallest absolute Gasteiger partial charge is 0.230 e. The van der Waals surface area contributed by atoms with Gasteiger partial charge in [-0.2, -0.15) is 0 Å². The van der Waals surface area contributed by atoms with Crippen molar-refractivity contribution in [3.63, 3.8) is 0 Å². The van der Waals surface area contributed by atoms with E-state index in [9.17, 15) is 4.79 Å². The van der Waals surface area contributed by atoms with Crippen molar-refractivity contribution < 1.29 is 4.79 Å². The van der Waals surface area contributed by atoms with Gasteiger partial charge in [0.25, 0.3) is 0 Å². The van der Waals surface area contributed by atoms with E-state index in [1.165, 1.54) is 31.2 Å². The molecule has 4 rings (SSSR count). The molecule has 3 atom stereocenters. The van der Waals surface area contributed by atoms with Crippen molar-refractivity contribution in [1.82, 2.24) is 5.32 Å². The molecular formula is C17H21NO. The fourth-order valence-electron chi connectivity index (χ4n) is 4.26. The highest BCUT2D eigenvalue weighted by molar-refractivity contribution is 5.91. The Balaban J connectivity index is 1.49. The van der Waals surface area contributed by atoms with Gasteiger partial charge in [0.1, 0.15) is 0 Å². The summed E-state index contributed by atoms with van der Waals surface area (Å²) in [7, 11) is 0. The molecule has 3 aliphatic carbocycles. The van der Waals surface area contributed by atoms with Crippen LogP contribution in [0.3, 0.4) is 0 Å². The highest BCUT2D eigenvalue weighted by Gasteiger charge is 2.52. The van der Waals surface area contributed by atoms with Crippen LogP contribution in [0.2, 0.25) is 0 Å². The van der Waals surface area contributed by atoms with Crippen LogP contribution in [-0.4, -0.2) is 11.9 Å². The number of hydrogen-bond acceptors (Lipinski definition) is 1. The third kappa shape index (κ3) is 1.80. The van der Waals surface area contributed by atoms with E-state index < -0.39 is 0 Å². The van der Waals surface area contributed by atoms with Crippen LogP contribution in [-0.2, 0) is 10.2 Å². The third-order valence-electron chi connectivity index (χ3n) is 5.57. The first-order valence-electron chi connectivity index (χ1n) is 7.64. The molecule has 2 nitrogen and oxygen atoms in total. The lowest BCUT2D eigenvalue weighted by Gasteiger charge is -2.26. The molecule has 0 aliphatic heterocycles. The van der Waals surface area contributed by atoms with Crippen LogP contribution in [0.1, 0.15) is 44.1 Å². The second-order valence-electron chi connectivity index (χ2n) is 6.70. The molecule has 0 aromatic heterocycles. The van der Waals surface area contributed by atoms with Gasteiger partial charge in [0.05, 0.1) is 5.41 Å². The maximum absolute atomic E-state index is 12.6. The standard InChI is InChI=1S/C17H21NO/c19-16(18-15-11-12-6-7-13(15)10-12)17(8-9-17)14-4-2-1-3-5-14/h1-5,12-13,15H,6-11H2,(H,18,19)/t12-,13-,15-/m0/s1. The molecule has 1 amide bonds. The summed E-state index contributed by atoms with van der Waals surface area (Å²) >= 11 is 0. The van der Waals surface area contributed by atoms with Crippen molar-refractivity contribution in [3.05, 3.63) is 35.9 Å². The van der Waals surface area contributed by atoms with E-state index in [2.05, 4.69) is 17.4 Å². The lowest BCUT2D eigenvalue weighted by atomic mass is 9.91. The summed E-state index contributed by atoms with van der Waals surface area (Å²) < 4.78 is 0. The van der Waals surface area contributed by atoms with E-state index >= 15 is 0 Å². The summed E-state index contributed by atoms with van der Waals surface area (Å²) in [5.74, 6) is 1.94. The maximum Gasteiger partial charge on any atom is 0.230 e. The Labute approximate surface area is 114 Å². The van der Waals surface area contributed by atoms with Gasteiger partial charge in [-0.25, -0.2) is 0 Å². The van der Waals surface area contributed by atoms with E-state index in [1.807, 2.05) is 18.2 Å². The molecule has 1 N–H and O–H groups in total. The Kier molecular flexibility index (Phi) is 2.48. The lowest BCUT2D eigenvalue weighted by molar-refractivity contribution is -0.124. The van der Waals surface area contributed by atoms with E-state index in [0.29, 0.717) is 6.04 Å². The number of fused-ring (bicyclic) bond motifs is 2. The number of amides is 1. The zero-order valence-electron chi connectivity index (χ0n) is 11.3. The zero-order valence-corrected chi connectivity index (χ0v) is 11.3. The average Bonchev–Trinajstić information content (AvgIpc) is 3.01. The highest BCUT2D eigenvalue weighted by atomic mass is 16.2. The first kappa shape index (κ1) is 11.5.